The monoisotopic (exact) mass is 422 g/mol. The van der Waals surface area contributed by atoms with Crippen LogP contribution >= 0.6 is 0 Å². The van der Waals surface area contributed by atoms with Gasteiger partial charge in [0.15, 0.2) is 0 Å². The molecule has 1 aromatic heterocycles. The minimum atomic E-state index is -0.0784. The van der Waals surface area contributed by atoms with Crippen molar-refractivity contribution in [2.45, 2.75) is 65.5 Å². The van der Waals surface area contributed by atoms with Crippen LogP contribution in [0.1, 0.15) is 57.7 Å². The van der Waals surface area contributed by atoms with Gasteiger partial charge in [0, 0.05) is 48.7 Å². The lowest BCUT2D eigenvalue weighted by atomic mass is 9.65. The molecule has 2 N–H and O–H groups in total. The number of H-pyrrole nitrogens is 1. The van der Waals surface area contributed by atoms with E-state index in [-0.39, 0.29) is 17.4 Å². The van der Waals surface area contributed by atoms with Crippen LogP contribution in [0, 0.1) is 10.8 Å². The second kappa shape index (κ2) is 7.28. The molecule has 0 unspecified atom stereocenters. The first kappa shape index (κ1) is 20.4. The van der Waals surface area contributed by atoms with Gasteiger partial charge in [-0.05, 0) is 48.1 Å². The zero-order valence-electron chi connectivity index (χ0n) is 19.0. The molecule has 1 aliphatic carbocycles. The normalized spacial score (nSPS) is 26.7. The Hall–Kier alpha value is -2.50. The van der Waals surface area contributed by atoms with Crippen LogP contribution in [-0.2, 0) is 17.8 Å². The summed E-state index contributed by atoms with van der Waals surface area (Å²) in [6, 6.07) is 8.59. The maximum Gasteiger partial charge on any atom is 0.317 e. The van der Waals surface area contributed by atoms with E-state index in [2.05, 4.69) is 54.2 Å². The summed E-state index contributed by atoms with van der Waals surface area (Å²) >= 11 is 0. The molecule has 3 aliphatic rings. The molecule has 0 spiro atoms. The number of aromatic nitrogens is 1. The largest absolute Gasteiger partial charge is 0.357 e. The van der Waals surface area contributed by atoms with Crippen molar-refractivity contribution in [3.05, 3.63) is 35.5 Å². The fourth-order valence-electron chi connectivity index (χ4n) is 6.65. The highest BCUT2D eigenvalue weighted by atomic mass is 16.2. The average Bonchev–Trinajstić information content (AvgIpc) is 3.20. The highest BCUT2D eigenvalue weighted by molar-refractivity contribution is 5.85. The summed E-state index contributed by atoms with van der Waals surface area (Å²) in [5.74, 6) is 0.184. The van der Waals surface area contributed by atoms with Gasteiger partial charge in [-0.1, -0.05) is 39.0 Å². The minimum absolute atomic E-state index is 0.0784. The summed E-state index contributed by atoms with van der Waals surface area (Å²) in [5.41, 5.74) is 4.13. The average molecular weight is 423 g/mol. The van der Waals surface area contributed by atoms with E-state index in [0.717, 1.165) is 37.0 Å². The Kier molecular flexibility index (Phi) is 4.79. The van der Waals surface area contributed by atoms with E-state index in [0.29, 0.717) is 37.5 Å². The molecular formula is C25H34N4O2. The van der Waals surface area contributed by atoms with Crippen LogP contribution in [0.3, 0.4) is 0 Å². The van der Waals surface area contributed by atoms with Gasteiger partial charge in [0.2, 0.25) is 5.91 Å². The van der Waals surface area contributed by atoms with Crippen LogP contribution in [0.4, 0.5) is 4.79 Å². The molecule has 6 nitrogen and oxygen atoms in total. The molecule has 0 radical (unpaired) electrons. The van der Waals surface area contributed by atoms with Gasteiger partial charge in [-0.15, -0.1) is 0 Å². The van der Waals surface area contributed by atoms with Crippen LogP contribution in [-0.4, -0.2) is 52.4 Å². The van der Waals surface area contributed by atoms with Gasteiger partial charge < -0.3 is 20.1 Å². The third-order valence-corrected chi connectivity index (χ3v) is 7.52. The van der Waals surface area contributed by atoms with Crippen molar-refractivity contribution in [2.24, 2.45) is 10.8 Å². The molecule has 2 atom stereocenters. The number of likely N-dealkylation sites (tertiary alicyclic amines) is 1. The quantitative estimate of drug-likeness (QED) is 0.783. The van der Waals surface area contributed by atoms with Gasteiger partial charge in [-0.25, -0.2) is 4.79 Å². The van der Waals surface area contributed by atoms with E-state index >= 15 is 0 Å². The Balaban J connectivity index is 1.14. The molecule has 2 bridgehead atoms. The Bertz CT molecular complexity index is 1030. The van der Waals surface area contributed by atoms with E-state index in [1.807, 2.05) is 11.0 Å². The van der Waals surface area contributed by atoms with Gasteiger partial charge >= 0.3 is 6.03 Å². The zero-order chi connectivity index (χ0) is 21.8. The van der Waals surface area contributed by atoms with E-state index in [1.165, 1.54) is 17.4 Å². The summed E-state index contributed by atoms with van der Waals surface area (Å²) < 4.78 is 0. The predicted octanol–water partition coefficient (Wildman–Crippen LogP) is 4.05. The second-order valence-electron chi connectivity index (χ2n) is 11.0. The summed E-state index contributed by atoms with van der Waals surface area (Å²) in [5, 5.41) is 4.24. The number of rotatable bonds is 3. The van der Waals surface area contributed by atoms with E-state index in [9.17, 15) is 9.59 Å². The number of fused-ring (bicyclic) bond motifs is 5. The van der Waals surface area contributed by atoms with E-state index in [4.69, 9.17) is 0 Å². The number of amides is 3. The molecule has 1 aromatic carbocycles. The molecule has 2 fully saturated rings. The Morgan fingerprint density at radius 2 is 2.00 bits per heavy atom. The second-order valence-corrected chi connectivity index (χ2v) is 11.0. The fourth-order valence-corrected chi connectivity index (χ4v) is 6.65. The number of hydrogen-bond donors (Lipinski definition) is 2. The molecule has 5 rings (SSSR count). The Morgan fingerprint density at radius 1 is 1.19 bits per heavy atom. The van der Waals surface area contributed by atoms with Crippen LogP contribution < -0.4 is 5.32 Å². The zero-order valence-corrected chi connectivity index (χ0v) is 19.0. The maximum atomic E-state index is 12.9. The highest BCUT2D eigenvalue weighted by Gasteiger charge is 2.50. The smallest absolute Gasteiger partial charge is 0.317 e. The summed E-state index contributed by atoms with van der Waals surface area (Å²) in [4.78, 5) is 33.0. The highest BCUT2D eigenvalue weighted by Crippen LogP contribution is 2.52. The van der Waals surface area contributed by atoms with Gasteiger partial charge in [0.25, 0.3) is 0 Å². The molecular weight excluding hydrogens is 388 g/mol. The molecule has 3 amide bonds. The van der Waals surface area contributed by atoms with Crippen molar-refractivity contribution in [2.75, 3.05) is 19.6 Å². The first-order valence-electron chi connectivity index (χ1n) is 11.6. The molecule has 31 heavy (non-hydrogen) atoms. The van der Waals surface area contributed by atoms with Crippen molar-refractivity contribution in [1.82, 2.24) is 20.1 Å². The van der Waals surface area contributed by atoms with Crippen molar-refractivity contribution in [3.8, 4) is 0 Å². The van der Waals surface area contributed by atoms with Crippen molar-refractivity contribution in [3.63, 3.8) is 0 Å². The number of aromatic amines is 1. The Morgan fingerprint density at radius 3 is 2.84 bits per heavy atom. The van der Waals surface area contributed by atoms with Crippen LogP contribution in [0.25, 0.3) is 10.9 Å². The maximum absolute atomic E-state index is 12.9. The summed E-state index contributed by atoms with van der Waals surface area (Å²) in [6.07, 6.45) is 4.62. The van der Waals surface area contributed by atoms with E-state index in [1.54, 1.807) is 0 Å². The topological polar surface area (TPSA) is 68.4 Å². The van der Waals surface area contributed by atoms with Crippen LogP contribution in [0.15, 0.2) is 24.3 Å². The molecule has 6 heteroatoms. The van der Waals surface area contributed by atoms with E-state index < -0.39 is 0 Å². The number of hydrogen-bond acceptors (Lipinski definition) is 2. The molecule has 1 saturated heterocycles. The van der Waals surface area contributed by atoms with Gasteiger partial charge in [-0.3, -0.25) is 4.79 Å². The number of para-hydroxylation sites is 1. The lowest BCUT2D eigenvalue weighted by molar-refractivity contribution is -0.132. The number of urea groups is 1. The molecule has 2 aromatic rings. The number of nitrogens with zero attached hydrogens (tertiary/aromatic N) is 2. The number of carbonyl (C=O) groups is 2. The number of carbonyl (C=O) groups excluding carboxylic acids is 2. The summed E-state index contributed by atoms with van der Waals surface area (Å²) in [7, 11) is 0. The Labute approximate surface area is 184 Å². The SMILES string of the molecule is CC1(C)C[C@@H]2C[C@@](C)(CN2C(=O)CCNC(=O)N2CCc3c([nH]c4ccccc34)C2)C1. The van der Waals surface area contributed by atoms with Gasteiger partial charge in [0.05, 0.1) is 6.54 Å². The molecule has 3 heterocycles. The van der Waals surface area contributed by atoms with Crippen molar-refractivity contribution < 1.29 is 9.59 Å². The van der Waals surface area contributed by atoms with Crippen molar-refractivity contribution in [1.29, 1.82) is 0 Å². The van der Waals surface area contributed by atoms with Crippen LogP contribution in [0.2, 0.25) is 0 Å². The molecule has 166 valence electrons. The van der Waals surface area contributed by atoms with Gasteiger partial charge in [-0.2, -0.15) is 0 Å². The first-order valence-corrected chi connectivity index (χ1v) is 11.6. The molecule has 2 aliphatic heterocycles. The standard InChI is InChI=1S/C25H34N4O2/c1-24(2)12-17-13-25(3,15-24)16-29(17)22(30)8-10-26-23(31)28-11-9-19-18-6-4-5-7-20(18)27-21(19)14-28/h4-7,17,27H,8-16H2,1-3H3,(H,26,31)/t17-,25-/m1/s1. The summed E-state index contributed by atoms with van der Waals surface area (Å²) in [6.45, 7) is 9.53. The fraction of sp³-hybridized carbons (Fsp3) is 0.600. The number of nitrogens with one attached hydrogen (secondary N) is 2. The lowest BCUT2D eigenvalue weighted by Crippen LogP contribution is -2.44. The lowest BCUT2D eigenvalue weighted by Gasteiger charge is -2.39. The van der Waals surface area contributed by atoms with Crippen molar-refractivity contribution >= 4 is 22.8 Å². The van der Waals surface area contributed by atoms with Crippen LogP contribution in [0.5, 0.6) is 0 Å². The third-order valence-electron chi connectivity index (χ3n) is 7.52. The first-order chi connectivity index (χ1) is 14.7. The third kappa shape index (κ3) is 3.81. The minimum Gasteiger partial charge on any atom is -0.357 e. The van der Waals surface area contributed by atoms with Gasteiger partial charge in [0.1, 0.15) is 0 Å². The number of benzene rings is 1. The predicted molar refractivity (Wildman–Crippen MR) is 122 cm³/mol. The molecule has 1 saturated carbocycles.